The van der Waals surface area contributed by atoms with Crippen LogP contribution in [0.15, 0.2) is 23.4 Å². The van der Waals surface area contributed by atoms with Crippen LogP contribution in [0, 0.1) is 0 Å². The van der Waals surface area contributed by atoms with Crippen molar-refractivity contribution in [3.05, 3.63) is 34.5 Å². The lowest BCUT2D eigenvalue weighted by Crippen LogP contribution is -2.39. The molecule has 0 amide bonds. The van der Waals surface area contributed by atoms with E-state index in [1.54, 1.807) is 0 Å². The zero-order valence-electron chi connectivity index (χ0n) is 16.8. The van der Waals surface area contributed by atoms with Crippen molar-refractivity contribution >= 4 is 23.3 Å². The van der Waals surface area contributed by atoms with E-state index in [0.29, 0.717) is 21.9 Å². The van der Waals surface area contributed by atoms with Gasteiger partial charge in [-0.15, -0.1) is 0 Å². The molecule has 0 aromatic heterocycles. The van der Waals surface area contributed by atoms with Crippen LogP contribution in [0.3, 0.4) is 0 Å². The highest BCUT2D eigenvalue weighted by molar-refractivity contribution is 6.03. The van der Waals surface area contributed by atoms with Gasteiger partial charge in [0.2, 0.25) is 0 Å². The van der Waals surface area contributed by atoms with Crippen molar-refractivity contribution in [2.75, 3.05) is 51.5 Å². The predicted octanol–water partition coefficient (Wildman–Crippen LogP) is 3.18. The molecule has 0 unspecified atom stereocenters. The maximum atomic E-state index is 13.7. The first-order chi connectivity index (χ1) is 14.2. The van der Waals surface area contributed by atoms with Crippen molar-refractivity contribution in [2.24, 2.45) is 0 Å². The third-order valence-electron chi connectivity index (χ3n) is 4.30. The van der Waals surface area contributed by atoms with Gasteiger partial charge < -0.3 is 24.0 Å². The number of halogens is 6. The molecule has 0 radical (unpaired) electrons. The summed E-state index contributed by atoms with van der Waals surface area (Å²) in [5, 5.41) is 0. The molecular weight excluding hydrogens is 438 g/mol. The Kier molecular flexibility index (Phi) is 6.78. The van der Waals surface area contributed by atoms with Gasteiger partial charge in [-0.25, -0.2) is 9.59 Å². The van der Waals surface area contributed by atoms with Crippen LogP contribution in [0.2, 0.25) is 0 Å². The average Bonchev–Trinajstić information content (AvgIpc) is 2.69. The van der Waals surface area contributed by atoms with E-state index in [9.17, 15) is 35.9 Å². The number of carbonyl (C=O) groups excluding carboxylic acids is 2. The summed E-state index contributed by atoms with van der Waals surface area (Å²) >= 11 is 0. The zero-order valence-corrected chi connectivity index (χ0v) is 16.8. The van der Waals surface area contributed by atoms with Gasteiger partial charge in [-0.1, -0.05) is 0 Å². The summed E-state index contributed by atoms with van der Waals surface area (Å²) in [5.41, 5.74) is -5.95. The van der Waals surface area contributed by atoms with E-state index in [1.807, 2.05) is 0 Å². The second-order valence-electron chi connectivity index (χ2n) is 6.50. The number of alkyl halides is 6. The van der Waals surface area contributed by atoms with Crippen LogP contribution in [0.5, 0.6) is 0 Å². The summed E-state index contributed by atoms with van der Waals surface area (Å²) in [5.74, 6) is -2.22. The molecule has 1 aromatic carbocycles. The van der Waals surface area contributed by atoms with Gasteiger partial charge in [0.15, 0.2) is 0 Å². The van der Waals surface area contributed by atoms with E-state index in [0.717, 1.165) is 28.3 Å². The van der Waals surface area contributed by atoms with Crippen LogP contribution in [0.4, 0.5) is 37.7 Å². The number of hydrogen-bond acceptors (Lipinski definition) is 7. The minimum absolute atomic E-state index is 0.417. The molecule has 31 heavy (non-hydrogen) atoms. The normalized spacial score (nSPS) is 15.1. The van der Waals surface area contributed by atoms with Gasteiger partial charge in [0.25, 0.3) is 0 Å². The van der Waals surface area contributed by atoms with E-state index in [-0.39, 0.29) is 0 Å². The van der Waals surface area contributed by atoms with Crippen LogP contribution in [0.25, 0.3) is 0 Å². The topological polar surface area (TPSA) is 68.3 Å². The van der Waals surface area contributed by atoms with E-state index in [4.69, 9.17) is 4.74 Å². The number of methoxy groups -OCH3 is 2. The first-order valence-electron chi connectivity index (χ1n) is 8.48. The Bertz CT molecular complexity index is 873. The quantitative estimate of drug-likeness (QED) is 0.509. The summed E-state index contributed by atoms with van der Waals surface area (Å²) in [6, 6.07) is 0.883. The Balaban J connectivity index is 2.88. The standard InChI is InChI=1S/C18H18F6N2O5/c1-25(2)14-11(17(19,20)21)5-9(6-12(14)18(22,23)24)26-8-31-7-10(15(27)29-3)13(26)16(28)30-4/h5-6H,7-8H2,1-4H3. The number of benzene rings is 1. The van der Waals surface area contributed by atoms with Gasteiger partial charge in [0.1, 0.15) is 12.4 Å². The van der Waals surface area contributed by atoms with Gasteiger partial charge >= 0.3 is 24.3 Å². The SMILES string of the molecule is COC(=O)C1=C(C(=O)OC)N(c2cc(C(F)(F)F)c(N(C)C)c(C(F)(F)F)c2)COC1. The fourth-order valence-corrected chi connectivity index (χ4v) is 3.04. The lowest BCUT2D eigenvalue weighted by Gasteiger charge is -2.33. The molecule has 7 nitrogen and oxygen atoms in total. The molecule has 0 aliphatic carbocycles. The number of hydrogen-bond donors (Lipinski definition) is 0. The van der Waals surface area contributed by atoms with E-state index in [2.05, 4.69) is 9.47 Å². The summed E-state index contributed by atoms with van der Waals surface area (Å²) < 4.78 is 96.3. The first kappa shape index (κ1) is 24.3. The van der Waals surface area contributed by atoms with Crippen molar-refractivity contribution in [1.29, 1.82) is 0 Å². The van der Waals surface area contributed by atoms with Crippen molar-refractivity contribution in [3.8, 4) is 0 Å². The second-order valence-corrected chi connectivity index (χ2v) is 6.50. The van der Waals surface area contributed by atoms with E-state index < -0.39 is 71.4 Å². The Labute approximate surface area is 172 Å². The number of esters is 2. The molecule has 0 saturated heterocycles. The van der Waals surface area contributed by atoms with E-state index >= 15 is 0 Å². The van der Waals surface area contributed by atoms with E-state index in [1.165, 1.54) is 0 Å². The molecule has 13 heteroatoms. The third kappa shape index (κ3) is 4.86. The minimum Gasteiger partial charge on any atom is -0.466 e. The Morgan fingerprint density at radius 3 is 1.84 bits per heavy atom. The molecular formula is C18H18F6N2O5. The third-order valence-corrected chi connectivity index (χ3v) is 4.30. The number of nitrogens with zero attached hydrogens (tertiary/aromatic N) is 2. The van der Waals surface area contributed by atoms with Crippen LogP contribution >= 0.6 is 0 Å². The molecule has 0 fully saturated rings. The van der Waals surface area contributed by atoms with Crippen LogP contribution in [0.1, 0.15) is 11.1 Å². The molecule has 0 spiro atoms. The lowest BCUT2D eigenvalue weighted by atomic mass is 10.0. The van der Waals surface area contributed by atoms with Gasteiger partial charge in [-0.2, -0.15) is 26.3 Å². The molecule has 1 aromatic rings. The molecule has 172 valence electrons. The monoisotopic (exact) mass is 456 g/mol. The van der Waals surface area contributed by atoms with Gasteiger partial charge in [0.05, 0.1) is 43.2 Å². The first-order valence-corrected chi connectivity index (χ1v) is 8.48. The number of carbonyl (C=O) groups is 2. The highest BCUT2D eigenvalue weighted by Gasteiger charge is 2.43. The smallest absolute Gasteiger partial charge is 0.418 e. The fourth-order valence-electron chi connectivity index (χ4n) is 3.04. The summed E-state index contributed by atoms with van der Waals surface area (Å²) in [6.07, 6.45) is -10.3. The highest BCUT2D eigenvalue weighted by Crippen LogP contribution is 2.47. The summed E-state index contributed by atoms with van der Waals surface area (Å²) in [4.78, 5) is 25.7. The molecule has 1 aliphatic rings. The number of anilines is 2. The van der Waals surface area contributed by atoms with Crippen molar-refractivity contribution < 1.29 is 50.1 Å². The van der Waals surface area contributed by atoms with Crippen molar-refractivity contribution in [2.45, 2.75) is 12.4 Å². The van der Waals surface area contributed by atoms with Crippen LogP contribution in [-0.2, 0) is 36.2 Å². The molecule has 0 atom stereocenters. The molecule has 1 heterocycles. The number of ether oxygens (including phenoxy) is 3. The Morgan fingerprint density at radius 1 is 0.968 bits per heavy atom. The predicted molar refractivity (Wildman–Crippen MR) is 95.1 cm³/mol. The second kappa shape index (κ2) is 8.65. The molecule has 1 aliphatic heterocycles. The van der Waals surface area contributed by atoms with Gasteiger partial charge in [0, 0.05) is 19.8 Å². The van der Waals surface area contributed by atoms with Gasteiger partial charge in [-0.05, 0) is 12.1 Å². The van der Waals surface area contributed by atoms with Crippen LogP contribution in [-0.4, -0.2) is 53.6 Å². The number of rotatable bonds is 4. The average molecular weight is 456 g/mol. The van der Waals surface area contributed by atoms with Crippen molar-refractivity contribution in [3.63, 3.8) is 0 Å². The lowest BCUT2D eigenvalue weighted by molar-refractivity contribution is -0.142. The molecule has 2 rings (SSSR count). The zero-order chi connectivity index (χ0) is 23.7. The van der Waals surface area contributed by atoms with Crippen LogP contribution < -0.4 is 9.80 Å². The Hall–Kier alpha value is -2.96. The molecule has 0 N–H and O–H groups in total. The Morgan fingerprint density at radius 2 is 1.45 bits per heavy atom. The summed E-state index contributed by atoms with van der Waals surface area (Å²) in [7, 11) is 4.01. The highest BCUT2D eigenvalue weighted by atomic mass is 19.4. The molecule has 0 saturated carbocycles. The van der Waals surface area contributed by atoms with Crippen molar-refractivity contribution in [1.82, 2.24) is 0 Å². The largest absolute Gasteiger partial charge is 0.466 e. The maximum absolute atomic E-state index is 13.7. The maximum Gasteiger partial charge on any atom is 0.418 e. The summed E-state index contributed by atoms with van der Waals surface area (Å²) in [6.45, 7) is -1.07. The van der Waals surface area contributed by atoms with Gasteiger partial charge in [-0.3, -0.25) is 0 Å². The fraction of sp³-hybridized carbons (Fsp3) is 0.444. The minimum atomic E-state index is -5.16. The molecule has 0 bridgehead atoms.